The van der Waals surface area contributed by atoms with Crippen molar-refractivity contribution in [3.8, 4) is 0 Å². The van der Waals surface area contributed by atoms with Gasteiger partial charge in [-0.1, -0.05) is 6.92 Å². The van der Waals surface area contributed by atoms with Crippen molar-refractivity contribution in [2.45, 2.75) is 13.3 Å². The van der Waals surface area contributed by atoms with Gasteiger partial charge in [-0.3, -0.25) is 9.44 Å². The average Bonchev–Trinajstić information content (AvgIpc) is 1.69. The highest BCUT2D eigenvalue weighted by molar-refractivity contribution is 7.95. The lowest BCUT2D eigenvalue weighted by Crippen LogP contribution is -2.09. The molecule has 0 atom stereocenters. The molecule has 2 N–H and O–H groups in total. The molecule has 0 aromatic carbocycles. The van der Waals surface area contributed by atoms with Crippen molar-refractivity contribution in [3.63, 3.8) is 0 Å². The molecular weight excluding hydrogens is 108 g/mol. The van der Waals surface area contributed by atoms with Crippen molar-refractivity contribution >= 4 is 12.1 Å². The molecule has 44 valence electrons. The second-order valence-corrected chi connectivity index (χ2v) is 2.10. The molecule has 0 bridgehead atoms. The summed E-state index contributed by atoms with van der Waals surface area (Å²) in [6.07, 6.45) is 1.19. The van der Waals surface area contributed by atoms with Gasteiger partial charge in [0, 0.05) is 18.7 Å². The fourth-order valence-electron chi connectivity index (χ4n) is 0.225. The maximum Gasteiger partial charge on any atom is 0.00678 e. The normalized spacial score (nSPS) is 9.43. The minimum absolute atomic E-state index is 1.07. The van der Waals surface area contributed by atoms with E-state index in [4.69, 9.17) is 0 Å². The van der Waals surface area contributed by atoms with E-state index in [0.29, 0.717) is 0 Å². The van der Waals surface area contributed by atoms with Gasteiger partial charge in [-0.15, -0.1) is 0 Å². The molecule has 2 nitrogen and oxygen atoms in total. The zero-order valence-electron chi connectivity index (χ0n) is 4.82. The molecule has 0 amide bonds. The monoisotopic (exact) mass is 120 g/mol. The molecular formula is C4H12N2S. The molecule has 0 spiro atoms. The molecule has 0 fully saturated rings. The van der Waals surface area contributed by atoms with Gasteiger partial charge in [0.2, 0.25) is 0 Å². The first-order valence-corrected chi connectivity index (χ1v) is 3.29. The number of rotatable bonds is 4. The smallest absolute Gasteiger partial charge is 0.00678 e. The van der Waals surface area contributed by atoms with E-state index in [1.807, 2.05) is 7.05 Å². The van der Waals surface area contributed by atoms with Crippen molar-refractivity contribution in [3.05, 3.63) is 0 Å². The van der Waals surface area contributed by atoms with E-state index in [2.05, 4.69) is 16.4 Å². The molecule has 0 aliphatic rings. The summed E-state index contributed by atoms with van der Waals surface area (Å²) >= 11 is 1.53. The van der Waals surface area contributed by atoms with Crippen molar-refractivity contribution in [2.75, 3.05) is 13.6 Å². The van der Waals surface area contributed by atoms with Crippen molar-refractivity contribution in [2.24, 2.45) is 0 Å². The van der Waals surface area contributed by atoms with Crippen LogP contribution in [-0.4, -0.2) is 13.6 Å². The average molecular weight is 120 g/mol. The zero-order valence-corrected chi connectivity index (χ0v) is 5.64. The van der Waals surface area contributed by atoms with Crippen LogP contribution in [0.25, 0.3) is 0 Å². The molecule has 0 saturated carbocycles. The molecule has 0 aliphatic carbocycles. The summed E-state index contributed by atoms with van der Waals surface area (Å²) < 4.78 is 6.00. The Balaban J connectivity index is 2.45. The topological polar surface area (TPSA) is 24.1 Å². The third kappa shape index (κ3) is 6.27. The van der Waals surface area contributed by atoms with E-state index in [0.717, 1.165) is 6.54 Å². The maximum atomic E-state index is 3.09. The van der Waals surface area contributed by atoms with Crippen LogP contribution in [0.3, 0.4) is 0 Å². The van der Waals surface area contributed by atoms with Crippen LogP contribution >= 0.6 is 12.1 Å². The minimum atomic E-state index is 1.07. The van der Waals surface area contributed by atoms with Crippen LogP contribution in [-0.2, 0) is 0 Å². The van der Waals surface area contributed by atoms with Crippen LogP contribution in [0.1, 0.15) is 13.3 Å². The Morgan fingerprint density at radius 1 is 1.57 bits per heavy atom. The summed E-state index contributed by atoms with van der Waals surface area (Å²) in [5.41, 5.74) is 0. The maximum absolute atomic E-state index is 3.09. The Morgan fingerprint density at radius 3 is 2.71 bits per heavy atom. The lowest BCUT2D eigenvalue weighted by Gasteiger charge is -1.95. The lowest BCUT2D eigenvalue weighted by atomic mass is 10.5. The predicted octanol–water partition coefficient (Wildman–Crippen LogP) is 0.769. The van der Waals surface area contributed by atoms with Crippen molar-refractivity contribution in [1.29, 1.82) is 0 Å². The summed E-state index contributed by atoms with van der Waals surface area (Å²) in [6.45, 7) is 3.22. The van der Waals surface area contributed by atoms with Gasteiger partial charge in [-0.05, 0) is 13.5 Å². The first-order valence-electron chi connectivity index (χ1n) is 2.47. The number of nitrogens with one attached hydrogen (secondary N) is 2. The minimum Gasteiger partial charge on any atom is -0.254 e. The molecule has 0 aliphatic heterocycles. The first-order chi connectivity index (χ1) is 3.41. The fourth-order valence-corrected chi connectivity index (χ4v) is 0.676. The van der Waals surface area contributed by atoms with Crippen molar-refractivity contribution in [1.82, 2.24) is 9.44 Å². The van der Waals surface area contributed by atoms with Gasteiger partial charge in [-0.25, -0.2) is 0 Å². The zero-order chi connectivity index (χ0) is 5.54. The quantitative estimate of drug-likeness (QED) is 0.423. The molecule has 0 rings (SSSR count). The Kier molecular flexibility index (Phi) is 6.51. The second kappa shape index (κ2) is 6.27. The summed E-state index contributed by atoms with van der Waals surface area (Å²) in [7, 11) is 1.90. The summed E-state index contributed by atoms with van der Waals surface area (Å²) in [6, 6.07) is 0. The van der Waals surface area contributed by atoms with E-state index in [-0.39, 0.29) is 0 Å². The van der Waals surface area contributed by atoms with Crippen LogP contribution in [0.15, 0.2) is 0 Å². The highest BCUT2D eigenvalue weighted by Crippen LogP contribution is 1.80. The van der Waals surface area contributed by atoms with Crippen molar-refractivity contribution < 1.29 is 0 Å². The summed E-state index contributed by atoms with van der Waals surface area (Å²) in [5.74, 6) is 0. The summed E-state index contributed by atoms with van der Waals surface area (Å²) in [4.78, 5) is 0. The van der Waals surface area contributed by atoms with Gasteiger partial charge >= 0.3 is 0 Å². The van der Waals surface area contributed by atoms with E-state index >= 15 is 0 Å². The molecule has 3 heteroatoms. The summed E-state index contributed by atoms with van der Waals surface area (Å²) in [5, 5.41) is 0. The molecule has 0 aromatic rings. The number of hydrogen-bond donors (Lipinski definition) is 2. The predicted molar refractivity (Wildman–Crippen MR) is 34.9 cm³/mol. The third-order valence-electron chi connectivity index (χ3n) is 0.526. The van der Waals surface area contributed by atoms with Crippen LogP contribution in [0.5, 0.6) is 0 Å². The lowest BCUT2D eigenvalue weighted by molar-refractivity contribution is 0.874. The fraction of sp³-hybridized carbons (Fsp3) is 1.00. The van der Waals surface area contributed by atoms with Crippen LogP contribution < -0.4 is 9.44 Å². The van der Waals surface area contributed by atoms with E-state index < -0.39 is 0 Å². The van der Waals surface area contributed by atoms with Gasteiger partial charge in [-0.2, -0.15) is 0 Å². The molecule has 0 aromatic heterocycles. The van der Waals surface area contributed by atoms with E-state index in [9.17, 15) is 0 Å². The Labute approximate surface area is 49.3 Å². The van der Waals surface area contributed by atoms with Crippen LogP contribution in [0, 0.1) is 0 Å². The Bertz CT molecular complexity index is 28.9. The highest BCUT2D eigenvalue weighted by Gasteiger charge is 1.76. The molecule has 7 heavy (non-hydrogen) atoms. The highest BCUT2D eigenvalue weighted by atomic mass is 32.2. The molecule has 0 unspecified atom stereocenters. The number of hydrogen-bond acceptors (Lipinski definition) is 3. The van der Waals surface area contributed by atoms with Crippen LogP contribution in [0.2, 0.25) is 0 Å². The first kappa shape index (κ1) is 7.27. The molecule has 0 saturated heterocycles. The van der Waals surface area contributed by atoms with Gasteiger partial charge in [0.25, 0.3) is 0 Å². The second-order valence-electron chi connectivity index (χ2n) is 1.20. The van der Waals surface area contributed by atoms with Gasteiger partial charge in [0.05, 0.1) is 0 Å². The standard InChI is InChI=1S/C4H12N2S/c1-3-4-6-7-5-2/h5-6H,3-4H2,1-2H3. The van der Waals surface area contributed by atoms with E-state index in [1.54, 1.807) is 0 Å². The third-order valence-corrected chi connectivity index (χ3v) is 1.08. The van der Waals surface area contributed by atoms with Gasteiger partial charge in [0.15, 0.2) is 0 Å². The van der Waals surface area contributed by atoms with E-state index in [1.165, 1.54) is 18.6 Å². The van der Waals surface area contributed by atoms with Crippen LogP contribution in [0.4, 0.5) is 0 Å². The van der Waals surface area contributed by atoms with Gasteiger partial charge in [0.1, 0.15) is 0 Å². The Hall–Kier alpha value is 0.270. The largest absolute Gasteiger partial charge is 0.254 e. The SMILES string of the molecule is CCCNSNC. The molecule has 0 radical (unpaired) electrons. The Morgan fingerprint density at radius 2 is 2.29 bits per heavy atom. The van der Waals surface area contributed by atoms with Gasteiger partial charge < -0.3 is 0 Å². The molecule has 0 heterocycles.